The highest BCUT2D eigenvalue weighted by atomic mass is 19.1. The highest BCUT2D eigenvalue weighted by Crippen LogP contribution is 2.47. The molecule has 0 radical (unpaired) electrons. The zero-order valence-corrected chi connectivity index (χ0v) is 4.16. The first-order valence-electron chi connectivity index (χ1n) is 2.27. The predicted octanol–water partition coefficient (Wildman–Crippen LogP) is 1.75. The van der Waals surface area contributed by atoms with E-state index in [1.165, 1.54) is 0 Å². The zero-order valence-electron chi connectivity index (χ0n) is 4.16. The summed E-state index contributed by atoms with van der Waals surface area (Å²) in [5.41, 5.74) is 0.0417. The van der Waals surface area contributed by atoms with Crippen molar-refractivity contribution in [2.75, 3.05) is 0 Å². The molecule has 0 nitrogen and oxygen atoms in total. The Morgan fingerprint density at radius 1 is 1.67 bits per heavy atom. The second kappa shape index (κ2) is 0.772. The smallest absolute Gasteiger partial charge is 0.106 e. The first kappa shape index (κ1) is 4.10. The van der Waals surface area contributed by atoms with Gasteiger partial charge in [0.1, 0.15) is 6.17 Å². The van der Waals surface area contributed by atoms with E-state index in [9.17, 15) is 4.39 Å². The zero-order chi connectivity index (χ0) is 4.78. The lowest BCUT2D eigenvalue weighted by Crippen LogP contribution is -1.85. The summed E-state index contributed by atoms with van der Waals surface area (Å²) < 4.78 is 11.9. The highest BCUT2D eigenvalue weighted by molar-refractivity contribution is 4.95. The van der Waals surface area contributed by atoms with E-state index in [0.29, 0.717) is 0 Å². The normalized spacial score (nSPS) is 39.5. The third-order valence-electron chi connectivity index (χ3n) is 1.39. The molecule has 1 rings (SSSR count). The summed E-state index contributed by atoms with van der Waals surface area (Å²) in [6.07, 6.45) is 0.269. The van der Waals surface area contributed by atoms with E-state index in [0.717, 1.165) is 6.42 Å². The van der Waals surface area contributed by atoms with Crippen molar-refractivity contribution in [2.45, 2.75) is 26.4 Å². The van der Waals surface area contributed by atoms with E-state index in [2.05, 4.69) is 0 Å². The van der Waals surface area contributed by atoms with Crippen molar-refractivity contribution in [3.05, 3.63) is 0 Å². The molecule has 36 valence electrons. The molecule has 1 atom stereocenters. The maximum atomic E-state index is 11.9. The first-order valence-corrected chi connectivity index (χ1v) is 2.27. The van der Waals surface area contributed by atoms with Crippen LogP contribution in [0.5, 0.6) is 0 Å². The maximum absolute atomic E-state index is 11.9. The Morgan fingerprint density at radius 2 is 1.83 bits per heavy atom. The van der Waals surface area contributed by atoms with Crippen molar-refractivity contribution in [3.63, 3.8) is 0 Å². The van der Waals surface area contributed by atoms with E-state index in [4.69, 9.17) is 0 Å². The van der Waals surface area contributed by atoms with Crippen LogP contribution in [-0.2, 0) is 0 Å². The number of alkyl halides is 1. The summed E-state index contributed by atoms with van der Waals surface area (Å²) in [4.78, 5) is 0. The summed E-state index contributed by atoms with van der Waals surface area (Å²) >= 11 is 0. The van der Waals surface area contributed by atoms with Crippen molar-refractivity contribution in [2.24, 2.45) is 5.41 Å². The molecule has 1 aliphatic rings. The molecule has 1 unspecified atom stereocenters. The molecule has 0 bridgehead atoms. The van der Waals surface area contributed by atoms with Crippen LogP contribution in [0.2, 0.25) is 0 Å². The number of hydrogen-bond donors (Lipinski definition) is 0. The minimum absolute atomic E-state index is 0.0417. The van der Waals surface area contributed by atoms with Crippen LogP contribution in [-0.4, -0.2) is 6.17 Å². The molecular formula is C5H9F. The number of halogens is 1. The Bertz CT molecular complexity index is 66.3. The van der Waals surface area contributed by atoms with Crippen LogP contribution in [0.3, 0.4) is 0 Å². The van der Waals surface area contributed by atoms with Gasteiger partial charge in [0, 0.05) is 0 Å². The minimum Gasteiger partial charge on any atom is -0.247 e. The van der Waals surface area contributed by atoms with E-state index < -0.39 is 6.17 Å². The molecule has 0 spiro atoms. The van der Waals surface area contributed by atoms with Gasteiger partial charge in [-0.1, -0.05) is 13.8 Å². The fourth-order valence-corrected chi connectivity index (χ4v) is 0.403. The van der Waals surface area contributed by atoms with Crippen LogP contribution >= 0.6 is 0 Å². The van der Waals surface area contributed by atoms with Crippen molar-refractivity contribution in [1.29, 1.82) is 0 Å². The molecular weight excluding hydrogens is 79.1 g/mol. The standard InChI is InChI=1S/C5H9F/c1-5(2)3-4(5)6/h4H,3H2,1-2H3. The monoisotopic (exact) mass is 88.1 g/mol. The Balaban J connectivity index is 2.41. The van der Waals surface area contributed by atoms with Gasteiger partial charge in [-0.05, 0) is 11.8 Å². The molecule has 0 amide bonds. The summed E-state index contributed by atoms with van der Waals surface area (Å²) in [5, 5.41) is 0. The molecule has 0 saturated heterocycles. The van der Waals surface area contributed by atoms with Gasteiger partial charge in [-0.2, -0.15) is 0 Å². The summed E-state index contributed by atoms with van der Waals surface area (Å²) in [6.45, 7) is 3.88. The lowest BCUT2D eigenvalue weighted by Gasteiger charge is -1.88. The van der Waals surface area contributed by atoms with Gasteiger partial charge in [-0.3, -0.25) is 0 Å². The van der Waals surface area contributed by atoms with E-state index in [-0.39, 0.29) is 5.41 Å². The van der Waals surface area contributed by atoms with Crippen LogP contribution in [0.15, 0.2) is 0 Å². The molecule has 1 saturated carbocycles. The second-order valence-corrected chi connectivity index (χ2v) is 2.66. The van der Waals surface area contributed by atoms with Crippen LogP contribution in [0.25, 0.3) is 0 Å². The molecule has 0 aromatic carbocycles. The average molecular weight is 88.1 g/mol. The Hall–Kier alpha value is -0.0700. The quantitative estimate of drug-likeness (QED) is 0.423. The molecule has 1 aliphatic carbocycles. The van der Waals surface area contributed by atoms with Crippen LogP contribution in [0.1, 0.15) is 20.3 Å². The van der Waals surface area contributed by atoms with Gasteiger partial charge in [0.05, 0.1) is 0 Å². The molecule has 0 aromatic rings. The third kappa shape index (κ3) is 0.423. The molecule has 0 heterocycles. The van der Waals surface area contributed by atoms with E-state index in [1.807, 2.05) is 13.8 Å². The lowest BCUT2D eigenvalue weighted by atomic mass is 10.2. The SMILES string of the molecule is CC1(C)CC1F. The van der Waals surface area contributed by atoms with Crippen molar-refractivity contribution < 1.29 is 4.39 Å². The van der Waals surface area contributed by atoms with Gasteiger partial charge >= 0.3 is 0 Å². The largest absolute Gasteiger partial charge is 0.247 e. The first-order chi connectivity index (χ1) is 2.63. The number of hydrogen-bond acceptors (Lipinski definition) is 0. The molecule has 1 fully saturated rings. The Labute approximate surface area is 37.4 Å². The summed E-state index contributed by atoms with van der Waals surface area (Å²) in [7, 11) is 0. The van der Waals surface area contributed by atoms with Crippen LogP contribution in [0, 0.1) is 5.41 Å². The third-order valence-corrected chi connectivity index (χ3v) is 1.39. The second-order valence-electron chi connectivity index (χ2n) is 2.66. The fraction of sp³-hybridized carbons (Fsp3) is 1.00. The Morgan fingerprint density at radius 3 is 1.83 bits per heavy atom. The Kier molecular flexibility index (Phi) is 0.527. The molecule has 6 heavy (non-hydrogen) atoms. The average Bonchev–Trinajstić information content (AvgIpc) is 1.73. The molecule has 0 aliphatic heterocycles. The topological polar surface area (TPSA) is 0 Å². The molecule has 0 aromatic heterocycles. The molecule has 1 heteroatoms. The van der Waals surface area contributed by atoms with Crippen molar-refractivity contribution in [3.8, 4) is 0 Å². The summed E-state index contributed by atoms with van der Waals surface area (Å²) in [6, 6.07) is 0. The fourth-order valence-electron chi connectivity index (χ4n) is 0.403. The van der Waals surface area contributed by atoms with Gasteiger partial charge in [0.2, 0.25) is 0 Å². The van der Waals surface area contributed by atoms with Crippen molar-refractivity contribution in [1.82, 2.24) is 0 Å². The predicted molar refractivity (Wildman–Crippen MR) is 23.3 cm³/mol. The van der Waals surface area contributed by atoms with Crippen LogP contribution < -0.4 is 0 Å². The maximum Gasteiger partial charge on any atom is 0.106 e. The van der Waals surface area contributed by atoms with E-state index in [1.54, 1.807) is 0 Å². The summed E-state index contributed by atoms with van der Waals surface area (Å²) in [5.74, 6) is 0. The van der Waals surface area contributed by atoms with Crippen LogP contribution in [0.4, 0.5) is 4.39 Å². The van der Waals surface area contributed by atoms with Crippen molar-refractivity contribution >= 4 is 0 Å². The minimum atomic E-state index is -0.502. The van der Waals surface area contributed by atoms with Gasteiger partial charge in [0.25, 0.3) is 0 Å². The lowest BCUT2D eigenvalue weighted by molar-refractivity contribution is 0.398. The van der Waals surface area contributed by atoms with Gasteiger partial charge in [0.15, 0.2) is 0 Å². The van der Waals surface area contributed by atoms with Gasteiger partial charge in [-0.15, -0.1) is 0 Å². The highest BCUT2D eigenvalue weighted by Gasteiger charge is 2.46. The van der Waals surface area contributed by atoms with Gasteiger partial charge in [-0.25, -0.2) is 4.39 Å². The van der Waals surface area contributed by atoms with E-state index >= 15 is 0 Å². The molecule has 0 N–H and O–H groups in total. The van der Waals surface area contributed by atoms with Gasteiger partial charge < -0.3 is 0 Å². The number of rotatable bonds is 0.